The Labute approximate surface area is 109 Å². The standard InChI is InChI=1S/C13H13FN2O3/c1-16-12(6-11(15-16)13(17)18)8-3-4-10(14)9(5-8)7-19-2/h3-6H,7H2,1-2H3,(H,17,18). The number of aromatic nitrogens is 2. The zero-order chi connectivity index (χ0) is 14.0. The summed E-state index contributed by atoms with van der Waals surface area (Å²) in [4.78, 5) is 10.9. The van der Waals surface area contributed by atoms with Gasteiger partial charge in [0, 0.05) is 25.3 Å². The van der Waals surface area contributed by atoms with Gasteiger partial charge in [-0.15, -0.1) is 0 Å². The van der Waals surface area contributed by atoms with Crippen LogP contribution in [0, 0.1) is 5.82 Å². The van der Waals surface area contributed by atoms with E-state index < -0.39 is 5.97 Å². The second kappa shape index (κ2) is 5.19. The third-order valence-corrected chi connectivity index (χ3v) is 2.74. The van der Waals surface area contributed by atoms with E-state index in [9.17, 15) is 9.18 Å². The molecule has 0 spiro atoms. The van der Waals surface area contributed by atoms with Crippen molar-refractivity contribution in [2.45, 2.75) is 6.61 Å². The number of benzene rings is 1. The van der Waals surface area contributed by atoms with Gasteiger partial charge in [0.15, 0.2) is 5.69 Å². The van der Waals surface area contributed by atoms with E-state index in [0.717, 1.165) is 0 Å². The van der Waals surface area contributed by atoms with Gasteiger partial charge in [-0.25, -0.2) is 9.18 Å². The Morgan fingerprint density at radius 2 is 2.21 bits per heavy atom. The van der Waals surface area contributed by atoms with E-state index in [4.69, 9.17) is 9.84 Å². The minimum absolute atomic E-state index is 0.0462. The molecule has 0 atom stereocenters. The van der Waals surface area contributed by atoms with Crippen molar-refractivity contribution in [2.75, 3.05) is 7.11 Å². The molecule has 0 saturated carbocycles. The van der Waals surface area contributed by atoms with Gasteiger partial charge >= 0.3 is 5.97 Å². The number of aromatic carboxylic acids is 1. The van der Waals surface area contributed by atoms with Crippen LogP contribution in [0.25, 0.3) is 11.3 Å². The molecule has 100 valence electrons. The minimum Gasteiger partial charge on any atom is -0.476 e. The number of rotatable bonds is 4. The first kappa shape index (κ1) is 13.2. The lowest BCUT2D eigenvalue weighted by molar-refractivity contribution is 0.0689. The molecule has 0 unspecified atom stereocenters. The van der Waals surface area contributed by atoms with Gasteiger partial charge in [0.1, 0.15) is 5.82 Å². The Kier molecular flexibility index (Phi) is 3.62. The van der Waals surface area contributed by atoms with Gasteiger partial charge in [0.05, 0.1) is 12.3 Å². The molecule has 0 amide bonds. The first-order valence-electron chi connectivity index (χ1n) is 5.58. The summed E-state index contributed by atoms with van der Waals surface area (Å²) in [5.41, 5.74) is 1.67. The van der Waals surface area contributed by atoms with E-state index in [1.807, 2.05) is 0 Å². The summed E-state index contributed by atoms with van der Waals surface area (Å²) >= 11 is 0. The largest absolute Gasteiger partial charge is 0.476 e. The Bertz CT molecular complexity index is 622. The number of carboxylic acids is 1. The van der Waals surface area contributed by atoms with Gasteiger partial charge in [-0.2, -0.15) is 5.10 Å². The molecule has 0 fully saturated rings. The molecular formula is C13H13FN2O3. The summed E-state index contributed by atoms with van der Waals surface area (Å²) in [5.74, 6) is -1.45. The molecule has 6 heteroatoms. The summed E-state index contributed by atoms with van der Waals surface area (Å²) in [5, 5.41) is 12.8. The van der Waals surface area contributed by atoms with E-state index in [1.165, 1.54) is 23.9 Å². The number of carboxylic acid groups (broad SMARTS) is 1. The summed E-state index contributed by atoms with van der Waals surface area (Å²) in [6.45, 7) is 0.156. The molecule has 0 bridgehead atoms. The molecule has 0 aliphatic carbocycles. The second-order valence-corrected chi connectivity index (χ2v) is 4.08. The van der Waals surface area contributed by atoms with E-state index in [0.29, 0.717) is 16.8 Å². The molecule has 1 N–H and O–H groups in total. The fourth-order valence-corrected chi connectivity index (χ4v) is 1.84. The van der Waals surface area contributed by atoms with Crippen molar-refractivity contribution in [3.05, 3.63) is 41.3 Å². The van der Waals surface area contributed by atoms with Crippen molar-refractivity contribution in [1.29, 1.82) is 0 Å². The normalized spacial score (nSPS) is 10.7. The zero-order valence-corrected chi connectivity index (χ0v) is 10.6. The van der Waals surface area contributed by atoms with E-state index >= 15 is 0 Å². The molecule has 5 nitrogen and oxygen atoms in total. The molecule has 0 aliphatic heterocycles. The van der Waals surface area contributed by atoms with Crippen molar-refractivity contribution in [2.24, 2.45) is 7.05 Å². The maximum atomic E-state index is 13.5. The van der Waals surface area contributed by atoms with Crippen molar-refractivity contribution in [3.63, 3.8) is 0 Å². The lowest BCUT2D eigenvalue weighted by Crippen LogP contribution is -1.99. The van der Waals surface area contributed by atoms with Crippen molar-refractivity contribution >= 4 is 5.97 Å². The van der Waals surface area contributed by atoms with Crippen LogP contribution in [0.5, 0.6) is 0 Å². The van der Waals surface area contributed by atoms with Gasteiger partial charge in [-0.05, 0) is 24.3 Å². The fraction of sp³-hybridized carbons (Fsp3) is 0.231. The number of hydrogen-bond acceptors (Lipinski definition) is 3. The van der Waals surface area contributed by atoms with Gasteiger partial charge in [-0.1, -0.05) is 0 Å². The van der Waals surface area contributed by atoms with Crippen LogP contribution in [-0.4, -0.2) is 28.0 Å². The summed E-state index contributed by atoms with van der Waals surface area (Å²) in [6.07, 6.45) is 0. The molecule has 1 aromatic carbocycles. The number of methoxy groups -OCH3 is 1. The molecule has 0 radical (unpaired) electrons. The third kappa shape index (κ3) is 2.63. The number of aryl methyl sites for hydroxylation is 1. The first-order chi connectivity index (χ1) is 9.02. The van der Waals surface area contributed by atoms with E-state index in [-0.39, 0.29) is 18.1 Å². The number of carbonyl (C=O) groups is 1. The minimum atomic E-state index is -1.10. The topological polar surface area (TPSA) is 64.3 Å². The van der Waals surface area contributed by atoms with Crippen LogP contribution >= 0.6 is 0 Å². The van der Waals surface area contributed by atoms with Crippen LogP contribution in [0.4, 0.5) is 4.39 Å². The predicted octanol–water partition coefficient (Wildman–Crippen LogP) is 2.07. The highest BCUT2D eigenvalue weighted by Gasteiger charge is 2.13. The van der Waals surface area contributed by atoms with E-state index in [1.54, 1.807) is 19.2 Å². The Morgan fingerprint density at radius 3 is 2.79 bits per heavy atom. The summed E-state index contributed by atoms with van der Waals surface area (Å²) in [6, 6.07) is 5.99. The molecule has 19 heavy (non-hydrogen) atoms. The quantitative estimate of drug-likeness (QED) is 0.918. The fourth-order valence-electron chi connectivity index (χ4n) is 1.84. The zero-order valence-electron chi connectivity index (χ0n) is 10.6. The Morgan fingerprint density at radius 1 is 1.47 bits per heavy atom. The average Bonchev–Trinajstić information content (AvgIpc) is 2.75. The number of halogens is 1. The first-order valence-corrected chi connectivity index (χ1v) is 5.58. The van der Waals surface area contributed by atoms with Gasteiger partial charge in [0.2, 0.25) is 0 Å². The predicted molar refractivity (Wildman–Crippen MR) is 66.3 cm³/mol. The van der Waals surface area contributed by atoms with E-state index in [2.05, 4.69) is 5.10 Å². The van der Waals surface area contributed by atoms with Crippen LogP contribution in [0.15, 0.2) is 24.3 Å². The van der Waals surface area contributed by atoms with Crippen molar-refractivity contribution < 1.29 is 19.0 Å². The lowest BCUT2D eigenvalue weighted by atomic mass is 10.1. The molecule has 0 aliphatic rings. The van der Waals surface area contributed by atoms with Crippen LogP contribution in [0.2, 0.25) is 0 Å². The van der Waals surface area contributed by atoms with Crippen LogP contribution in [0.1, 0.15) is 16.1 Å². The lowest BCUT2D eigenvalue weighted by Gasteiger charge is -2.06. The highest BCUT2D eigenvalue weighted by molar-refractivity contribution is 5.87. The number of ether oxygens (including phenoxy) is 1. The summed E-state index contributed by atoms with van der Waals surface area (Å²) in [7, 11) is 3.12. The second-order valence-electron chi connectivity index (χ2n) is 4.08. The highest BCUT2D eigenvalue weighted by Crippen LogP contribution is 2.23. The number of hydrogen-bond donors (Lipinski definition) is 1. The van der Waals surface area contributed by atoms with Crippen LogP contribution in [0.3, 0.4) is 0 Å². The molecule has 1 aromatic heterocycles. The Hall–Kier alpha value is -2.21. The SMILES string of the molecule is COCc1cc(-c2cc(C(=O)O)nn2C)ccc1F. The molecular weight excluding hydrogens is 251 g/mol. The van der Waals surface area contributed by atoms with Gasteiger partial charge in [0.25, 0.3) is 0 Å². The molecule has 2 rings (SSSR count). The van der Waals surface area contributed by atoms with Crippen LogP contribution in [-0.2, 0) is 18.4 Å². The molecule has 0 saturated heterocycles. The maximum absolute atomic E-state index is 13.5. The Balaban J connectivity index is 2.46. The van der Waals surface area contributed by atoms with Crippen molar-refractivity contribution in [3.8, 4) is 11.3 Å². The number of nitrogens with zero attached hydrogens (tertiary/aromatic N) is 2. The maximum Gasteiger partial charge on any atom is 0.356 e. The van der Waals surface area contributed by atoms with Gasteiger partial charge < -0.3 is 9.84 Å². The van der Waals surface area contributed by atoms with Crippen molar-refractivity contribution in [1.82, 2.24) is 9.78 Å². The summed E-state index contributed by atoms with van der Waals surface area (Å²) < 4.78 is 19.9. The average molecular weight is 264 g/mol. The monoisotopic (exact) mass is 264 g/mol. The van der Waals surface area contributed by atoms with Crippen LogP contribution < -0.4 is 0 Å². The smallest absolute Gasteiger partial charge is 0.356 e. The molecule has 1 heterocycles. The third-order valence-electron chi connectivity index (χ3n) is 2.74. The highest BCUT2D eigenvalue weighted by atomic mass is 19.1. The van der Waals surface area contributed by atoms with Gasteiger partial charge in [-0.3, -0.25) is 4.68 Å². The molecule has 2 aromatic rings.